The number of esters is 1. The maximum atomic E-state index is 11.7. The minimum Gasteiger partial charge on any atom is -0.465 e. The van der Waals surface area contributed by atoms with Gasteiger partial charge >= 0.3 is 5.97 Å². The summed E-state index contributed by atoms with van der Waals surface area (Å²) in [6.45, 7) is 8.65. The van der Waals surface area contributed by atoms with Crippen molar-refractivity contribution in [1.82, 2.24) is 5.32 Å². The van der Waals surface area contributed by atoms with Gasteiger partial charge in [0.2, 0.25) is 0 Å². The van der Waals surface area contributed by atoms with Crippen LogP contribution in [0.3, 0.4) is 0 Å². The topological polar surface area (TPSA) is 38.3 Å². The van der Waals surface area contributed by atoms with E-state index in [2.05, 4.69) is 26.1 Å². The predicted molar refractivity (Wildman–Crippen MR) is 70.9 cm³/mol. The highest BCUT2D eigenvalue weighted by atomic mass is 32.2. The number of nitrogens with one attached hydrogen (secondary N) is 1. The summed E-state index contributed by atoms with van der Waals surface area (Å²) in [6, 6.07) is 0.211. The predicted octanol–water partition coefficient (Wildman–Crippen LogP) is 2.45. The molecule has 0 aromatic heterocycles. The molecule has 0 heterocycles. The third-order valence-corrected chi connectivity index (χ3v) is 3.35. The molecule has 0 fully saturated rings. The Hall–Kier alpha value is -0.220. The summed E-state index contributed by atoms with van der Waals surface area (Å²) in [7, 11) is 0. The van der Waals surface area contributed by atoms with Crippen LogP contribution in [-0.4, -0.2) is 36.2 Å². The van der Waals surface area contributed by atoms with E-state index in [1.165, 1.54) is 0 Å². The van der Waals surface area contributed by atoms with Gasteiger partial charge in [-0.1, -0.05) is 20.3 Å². The Morgan fingerprint density at radius 2 is 2.06 bits per heavy atom. The van der Waals surface area contributed by atoms with Gasteiger partial charge in [-0.2, -0.15) is 11.8 Å². The van der Waals surface area contributed by atoms with Gasteiger partial charge in [-0.25, -0.2) is 0 Å². The van der Waals surface area contributed by atoms with Crippen LogP contribution in [0.25, 0.3) is 0 Å². The highest BCUT2D eigenvalue weighted by Gasteiger charge is 2.20. The van der Waals surface area contributed by atoms with E-state index in [0.29, 0.717) is 12.6 Å². The Bertz CT molecular complexity index is 188. The highest BCUT2D eigenvalue weighted by Crippen LogP contribution is 2.06. The molecule has 0 spiro atoms. The van der Waals surface area contributed by atoms with Gasteiger partial charge in [0, 0.05) is 11.8 Å². The first-order valence-electron chi connectivity index (χ1n) is 6.16. The van der Waals surface area contributed by atoms with Gasteiger partial charge in [-0.05, 0) is 26.0 Å². The average Bonchev–Trinajstić information content (AvgIpc) is 2.26. The molecule has 16 heavy (non-hydrogen) atoms. The lowest BCUT2D eigenvalue weighted by Crippen LogP contribution is -2.44. The van der Waals surface area contributed by atoms with E-state index < -0.39 is 0 Å². The Morgan fingerprint density at radius 3 is 2.56 bits per heavy atom. The largest absolute Gasteiger partial charge is 0.465 e. The molecule has 2 unspecified atom stereocenters. The first-order chi connectivity index (χ1) is 7.65. The van der Waals surface area contributed by atoms with Gasteiger partial charge in [0.25, 0.3) is 0 Å². The number of ether oxygens (including phenoxy) is 1. The molecule has 0 bridgehead atoms. The van der Waals surface area contributed by atoms with Gasteiger partial charge < -0.3 is 10.1 Å². The average molecular weight is 247 g/mol. The summed E-state index contributed by atoms with van der Waals surface area (Å²) < 4.78 is 5.05. The smallest absolute Gasteiger partial charge is 0.323 e. The van der Waals surface area contributed by atoms with Crippen LogP contribution in [0.15, 0.2) is 0 Å². The number of carbonyl (C=O) groups is 1. The second-order valence-electron chi connectivity index (χ2n) is 3.82. The normalized spacial score (nSPS) is 14.5. The first kappa shape index (κ1) is 15.8. The van der Waals surface area contributed by atoms with Crippen LogP contribution in [0.5, 0.6) is 0 Å². The molecule has 0 aromatic carbocycles. The lowest BCUT2D eigenvalue weighted by Gasteiger charge is -2.21. The number of rotatable bonds is 9. The molecular weight excluding hydrogens is 222 g/mol. The fourth-order valence-corrected chi connectivity index (χ4v) is 2.17. The molecule has 4 heteroatoms. The standard InChI is InChI=1S/C12H25NO2S/c1-5-8-11(12(14)15-6-2)13-10(4)9-16-7-3/h10-11,13H,5-9H2,1-4H3. The Kier molecular flexibility index (Phi) is 9.83. The second-order valence-corrected chi connectivity index (χ2v) is 5.14. The van der Waals surface area contributed by atoms with Crippen LogP contribution in [0, 0.1) is 0 Å². The molecule has 96 valence electrons. The van der Waals surface area contributed by atoms with Crippen molar-refractivity contribution in [2.45, 2.75) is 52.6 Å². The lowest BCUT2D eigenvalue weighted by molar-refractivity contribution is -0.146. The van der Waals surface area contributed by atoms with E-state index in [1.807, 2.05) is 18.7 Å². The maximum Gasteiger partial charge on any atom is 0.323 e. The van der Waals surface area contributed by atoms with E-state index in [4.69, 9.17) is 4.74 Å². The van der Waals surface area contributed by atoms with Gasteiger partial charge in [0.15, 0.2) is 0 Å². The van der Waals surface area contributed by atoms with Crippen LogP contribution >= 0.6 is 11.8 Å². The Morgan fingerprint density at radius 1 is 1.38 bits per heavy atom. The summed E-state index contributed by atoms with van der Waals surface area (Å²) in [4.78, 5) is 11.7. The van der Waals surface area contributed by atoms with E-state index in [-0.39, 0.29) is 12.0 Å². The van der Waals surface area contributed by atoms with Crippen LogP contribution in [0.1, 0.15) is 40.5 Å². The SMILES string of the molecule is CCCC(NC(C)CSCC)C(=O)OCC. The monoisotopic (exact) mass is 247 g/mol. The summed E-state index contributed by atoms with van der Waals surface area (Å²) in [6.07, 6.45) is 1.84. The van der Waals surface area contributed by atoms with E-state index in [1.54, 1.807) is 0 Å². The third kappa shape index (κ3) is 7.12. The van der Waals surface area contributed by atoms with Crippen LogP contribution < -0.4 is 5.32 Å². The zero-order valence-corrected chi connectivity index (χ0v) is 11.7. The fraction of sp³-hybridized carbons (Fsp3) is 0.917. The molecule has 0 saturated heterocycles. The molecular formula is C12H25NO2S. The van der Waals surface area contributed by atoms with Crippen molar-refractivity contribution < 1.29 is 9.53 Å². The van der Waals surface area contributed by atoms with Gasteiger partial charge in [0.05, 0.1) is 6.61 Å². The molecule has 0 saturated carbocycles. The van der Waals surface area contributed by atoms with E-state index >= 15 is 0 Å². The maximum absolute atomic E-state index is 11.7. The van der Waals surface area contributed by atoms with Gasteiger partial charge in [0.1, 0.15) is 6.04 Å². The van der Waals surface area contributed by atoms with Crippen molar-refractivity contribution in [3.05, 3.63) is 0 Å². The van der Waals surface area contributed by atoms with Crippen molar-refractivity contribution in [3.8, 4) is 0 Å². The molecule has 3 nitrogen and oxygen atoms in total. The molecule has 1 N–H and O–H groups in total. The molecule has 0 rings (SSSR count). The Balaban J connectivity index is 4.04. The number of thioether (sulfide) groups is 1. The van der Waals surface area contributed by atoms with Crippen LogP contribution in [-0.2, 0) is 9.53 Å². The summed E-state index contributed by atoms with van der Waals surface area (Å²) in [5.74, 6) is 2.04. The molecule has 2 atom stereocenters. The fourth-order valence-electron chi connectivity index (χ4n) is 1.49. The van der Waals surface area contributed by atoms with Crippen molar-refractivity contribution >= 4 is 17.7 Å². The zero-order chi connectivity index (χ0) is 12.4. The van der Waals surface area contributed by atoms with Crippen molar-refractivity contribution in [2.24, 2.45) is 0 Å². The van der Waals surface area contributed by atoms with Crippen LogP contribution in [0.4, 0.5) is 0 Å². The second kappa shape index (κ2) is 9.97. The molecule has 0 aromatic rings. The number of hydrogen-bond donors (Lipinski definition) is 1. The molecule has 0 aliphatic heterocycles. The van der Waals surface area contributed by atoms with E-state index in [0.717, 1.165) is 24.3 Å². The summed E-state index contributed by atoms with van der Waals surface area (Å²) >= 11 is 1.89. The van der Waals surface area contributed by atoms with Crippen LogP contribution in [0.2, 0.25) is 0 Å². The minimum atomic E-state index is -0.141. The molecule has 0 aliphatic carbocycles. The summed E-state index contributed by atoms with van der Waals surface area (Å²) in [5, 5.41) is 3.34. The Labute approximate surface area is 104 Å². The van der Waals surface area contributed by atoms with Crippen molar-refractivity contribution in [2.75, 3.05) is 18.1 Å². The summed E-state index contributed by atoms with van der Waals surface area (Å²) in [5.41, 5.74) is 0. The quantitative estimate of drug-likeness (QED) is 0.635. The lowest BCUT2D eigenvalue weighted by atomic mass is 10.1. The number of hydrogen-bond acceptors (Lipinski definition) is 4. The zero-order valence-electron chi connectivity index (χ0n) is 10.9. The van der Waals surface area contributed by atoms with E-state index in [9.17, 15) is 4.79 Å². The highest BCUT2D eigenvalue weighted by molar-refractivity contribution is 7.99. The van der Waals surface area contributed by atoms with Crippen molar-refractivity contribution in [3.63, 3.8) is 0 Å². The minimum absolute atomic E-state index is 0.113. The molecule has 0 radical (unpaired) electrons. The molecule has 0 aliphatic rings. The van der Waals surface area contributed by atoms with Crippen molar-refractivity contribution in [1.29, 1.82) is 0 Å². The third-order valence-electron chi connectivity index (χ3n) is 2.21. The first-order valence-corrected chi connectivity index (χ1v) is 7.31. The number of carbonyl (C=O) groups excluding carboxylic acids is 1. The van der Waals surface area contributed by atoms with Gasteiger partial charge in [-0.3, -0.25) is 4.79 Å². The van der Waals surface area contributed by atoms with Gasteiger partial charge in [-0.15, -0.1) is 0 Å². The molecule has 0 amide bonds.